The third-order valence-electron chi connectivity index (χ3n) is 4.69. The molecule has 0 aliphatic carbocycles. The fourth-order valence-electron chi connectivity index (χ4n) is 3.07. The largest absolute Gasteiger partial charge is 0.495 e. The van der Waals surface area contributed by atoms with Gasteiger partial charge in [0.05, 0.1) is 34.6 Å². The number of nitrogens with one attached hydrogen (secondary N) is 2. The number of hydrogen-bond donors (Lipinski definition) is 2. The minimum Gasteiger partial charge on any atom is -0.495 e. The molecule has 1 heterocycles. The van der Waals surface area contributed by atoms with Crippen LogP contribution < -0.4 is 15.4 Å². The molecule has 2 amide bonds. The second-order valence-electron chi connectivity index (χ2n) is 6.95. The maximum atomic E-state index is 12.6. The number of methoxy groups -OCH3 is 1. The molecule has 3 rings (SSSR count). The van der Waals surface area contributed by atoms with E-state index < -0.39 is 6.04 Å². The van der Waals surface area contributed by atoms with Crippen molar-refractivity contribution in [3.8, 4) is 5.75 Å². The molecule has 11 heteroatoms. The first-order valence-electron chi connectivity index (χ1n) is 10.1. The van der Waals surface area contributed by atoms with Crippen molar-refractivity contribution in [1.29, 1.82) is 0 Å². The summed E-state index contributed by atoms with van der Waals surface area (Å²) in [5, 5.41) is 15.4. The molecule has 8 nitrogen and oxygen atoms in total. The number of carbonyl (C=O) groups is 2. The number of aromatic nitrogens is 3. The molecule has 3 aromatic rings. The molecule has 0 spiro atoms. The zero-order chi connectivity index (χ0) is 24.0. The summed E-state index contributed by atoms with van der Waals surface area (Å²) in [6.07, 6.45) is 0. The van der Waals surface area contributed by atoms with Crippen molar-refractivity contribution in [2.24, 2.45) is 0 Å². The molecule has 2 aromatic carbocycles. The number of anilines is 1. The summed E-state index contributed by atoms with van der Waals surface area (Å²) >= 11 is 13.2. The van der Waals surface area contributed by atoms with Crippen molar-refractivity contribution in [2.75, 3.05) is 18.2 Å². The average Bonchev–Trinajstić information content (AvgIpc) is 3.23. The molecule has 0 aliphatic rings. The van der Waals surface area contributed by atoms with E-state index in [0.29, 0.717) is 44.6 Å². The predicted molar refractivity (Wildman–Crippen MR) is 130 cm³/mol. The van der Waals surface area contributed by atoms with Crippen LogP contribution in [-0.4, -0.2) is 39.4 Å². The van der Waals surface area contributed by atoms with Gasteiger partial charge in [0, 0.05) is 12.1 Å². The molecule has 0 fully saturated rings. The Morgan fingerprint density at radius 3 is 2.61 bits per heavy atom. The first-order chi connectivity index (χ1) is 15.8. The van der Waals surface area contributed by atoms with Gasteiger partial charge in [0.2, 0.25) is 5.91 Å². The third-order valence-corrected chi connectivity index (χ3v) is 6.40. The summed E-state index contributed by atoms with van der Waals surface area (Å²) in [5.74, 6) is 0.801. The van der Waals surface area contributed by atoms with E-state index in [-0.39, 0.29) is 17.6 Å². The number of benzene rings is 2. The lowest BCUT2D eigenvalue weighted by Gasteiger charge is -2.15. The molecule has 2 N–H and O–H groups in total. The number of carbonyl (C=O) groups excluding carboxylic acids is 2. The summed E-state index contributed by atoms with van der Waals surface area (Å²) in [6.45, 7) is 4.33. The topological polar surface area (TPSA) is 98.1 Å². The normalized spacial score (nSPS) is 11.7. The highest BCUT2D eigenvalue weighted by Crippen LogP contribution is 2.26. The Bertz CT molecular complexity index is 1150. The van der Waals surface area contributed by atoms with E-state index in [1.165, 1.54) is 17.8 Å². The van der Waals surface area contributed by atoms with Crippen LogP contribution in [0.4, 0.5) is 5.69 Å². The lowest BCUT2D eigenvalue weighted by molar-refractivity contribution is -0.113. The lowest BCUT2D eigenvalue weighted by Crippen LogP contribution is -2.28. The number of amides is 2. The fraction of sp³-hybridized carbons (Fsp3) is 0.273. The van der Waals surface area contributed by atoms with Crippen molar-refractivity contribution in [3.63, 3.8) is 0 Å². The number of para-hydroxylation sites is 2. The van der Waals surface area contributed by atoms with Crippen LogP contribution in [0.2, 0.25) is 10.0 Å². The van der Waals surface area contributed by atoms with Crippen molar-refractivity contribution in [3.05, 3.63) is 63.9 Å². The summed E-state index contributed by atoms with van der Waals surface area (Å²) in [6, 6.07) is 11.5. The van der Waals surface area contributed by atoms with Gasteiger partial charge in [-0.15, -0.1) is 10.2 Å². The SMILES string of the molecule is CCn1c(SCC(=O)Nc2ccccc2OC)nnc1[C@H](C)NC(=O)c1ccc(Cl)c(Cl)c1. The van der Waals surface area contributed by atoms with Crippen LogP contribution in [0.1, 0.15) is 36.1 Å². The monoisotopic (exact) mass is 507 g/mol. The van der Waals surface area contributed by atoms with E-state index in [1.54, 1.807) is 31.4 Å². The van der Waals surface area contributed by atoms with Gasteiger partial charge < -0.3 is 19.9 Å². The van der Waals surface area contributed by atoms with Gasteiger partial charge in [0.1, 0.15) is 5.75 Å². The van der Waals surface area contributed by atoms with Crippen LogP contribution in [0.5, 0.6) is 5.75 Å². The van der Waals surface area contributed by atoms with Gasteiger partial charge in [-0.25, -0.2) is 0 Å². The Morgan fingerprint density at radius 1 is 1.15 bits per heavy atom. The van der Waals surface area contributed by atoms with Gasteiger partial charge >= 0.3 is 0 Å². The summed E-state index contributed by atoms with van der Waals surface area (Å²) in [4.78, 5) is 25.0. The Hall–Kier alpha value is -2.75. The number of ether oxygens (including phenoxy) is 1. The van der Waals surface area contributed by atoms with Crippen molar-refractivity contribution in [1.82, 2.24) is 20.1 Å². The van der Waals surface area contributed by atoms with Gasteiger partial charge in [-0.1, -0.05) is 47.1 Å². The van der Waals surface area contributed by atoms with Crippen molar-refractivity contribution < 1.29 is 14.3 Å². The second-order valence-corrected chi connectivity index (χ2v) is 8.70. The zero-order valence-corrected chi connectivity index (χ0v) is 20.6. The zero-order valence-electron chi connectivity index (χ0n) is 18.3. The first-order valence-corrected chi connectivity index (χ1v) is 11.8. The van der Waals surface area contributed by atoms with E-state index in [4.69, 9.17) is 27.9 Å². The third kappa shape index (κ3) is 6.19. The second kappa shape index (κ2) is 11.4. The first kappa shape index (κ1) is 24.9. The molecule has 174 valence electrons. The van der Waals surface area contributed by atoms with E-state index in [0.717, 1.165) is 0 Å². The molecule has 0 radical (unpaired) electrons. The van der Waals surface area contributed by atoms with Gasteiger partial charge in [-0.05, 0) is 44.2 Å². The molecule has 0 saturated carbocycles. The van der Waals surface area contributed by atoms with E-state index >= 15 is 0 Å². The van der Waals surface area contributed by atoms with Crippen LogP contribution in [-0.2, 0) is 11.3 Å². The highest BCUT2D eigenvalue weighted by atomic mass is 35.5. The number of hydrogen-bond acceptors (Lipinski definition) is 6. The van der Waals surface area contributed by atoms with Gasteiger partial charge in [0.15, 0.2) is 11.0 Å². The Balaban J connectivity index is 1.64. The summed E-state index contributed by atoms with van der Waals surface area (Å²) in [7, 11) is 1.55. The molecule has 0 aliphatic heterocycles. The number of rotatable bonds is 9. The minimum atomic E-state index is -0.420. The molecule has 33 heavy (non-hydrogen) atoms. The van der Waals surface area contributed by atoms with Crippen molar-refractivity contribution >= 4 is 52.5 Å². The Morgan fingerprint density at radius 2 is 1.91 bits per heavy atom. The van der Waals surface area contributed by atoms with Crippen LogP contribution in [0, 0.1) is 0 Å². The molecular weight excluding hydrogens is 485 g/mol. The van der Waals surface area contributed by atoms with Gasteiger partial charge in [-0.3, -0.25) is 9.59 Å². The number of nitrogens with zero attached hydrogens (tertiary/aromatic N) is 3. The fourth-order valence-corrected chi connectivity index (χ4v) is 4.18. The highest BCUT2D eigenvalue weighted by Gasteiger charge is 2.20. The summed E-state index contributed by atoms with van der Waals surface area (Å²) in [5.41, 5.74) is 0.989. The maximum Gasteiger partial charge on any atom is 0.251 e. The molecular formula is C22H23Cl2N5O3S. The lowest BCUT2D eigenvalue weighted by atomic mass is 10.2. The summed E-state index contributed by atoms with van der Waals surface area (Å²) < 4.78 is 7.12. The quantitative estimate of drug-likeness (QED) is 0.402. The van der Waals surface area contributed by atoms with Crippen LogP contribution >= 0.6 is 35.0 Å². The van der Waals surface area contributed by atoms with E-state index in [2.05, 4.69) is 20.8 Å². The van der Waals surface area contributed by atoms with Crippen LogP contribution in [0.15, 0.2) is 47.6 Å². The predicted octanol–water partition coefficient (Wildman–Crippen LogP) is 4.84. The van der Waals surface area contributed by atoms with Gasteiger partial charge in [0.25, 0.3) is 5.91 Å². The average molecular weight is 508 g/mol. The Kier molecular flexibility index (Phi) is 8.60. The smallest absolute Gasteiger partial charge is 0.251 e. The van der Waals surface area contributed by atoms with E-state index in [9.17, 15) is 9.59 Å². The molecule has 0 unspecified atom stereocenters. The molecule has 1 aromatic heterocycles. The molecule has 0 saturated heterocycles. The van der Waals surface area contributed by atoms with Crippen LogP contribution in [0.25, 0.3) is 0 Å². The molecule has 0 bridgehead atoms. The maximum absolute atomic E-state index is 12.6. The number of halogens is 2. The van der Waals surface area contributed by atoms with Gasteiger partial charge in [-0.2, -0.15) is 0 Å². The van der Waals surface area contributed by atoms with Crippen molar-refractivity contribution in [2.45, 2.75) is 31.6 Å². The molecule has 1 atom stereocenters. The Labute approximate surface area is 206 Å². The highest BCUT2D eigenvalue weighted by molar-refractivity contribution is 7.99. The minimum absolute atomic E-state index is 0.139. The number of thioether (sulfide) groups is 1. The van der Waals surface area contributed by atoms with Crippen LogP contribution in [0.3, 0.4) is 0 Å². The van der Waals surface area contributed by atoms with E-state index in [1.807, 2.05) is 30.5 Å². The standard InChI is InChI=1S/C22H23Cl2N5O3S/c1-4-29-20(13(2)25-21(31)14-9-10-15(23)16(24)11-14)27-28-22(29)33-12-19(30)26-17-7-5-6-8-18(17)32-3/h5-11,13H,4,12H2,1-3H3,(H,25,31)(H,26,30)/t13-/m0/s1.